The van der Waals surface area contributed by atoms with Crippen molar-refractivity contribution in [3.63, 3.8) is 0 Å². The predicted molar refractivity (Wildman–Crippen MR) is 127 cm³/mol. The number of amides is 2. The first-order valence-electron chi connectivity index (χ1n) is 11.8. The zero-order valence-electron chi connectivity index (χ0n) is 19.8. The first kappa shape index (κ1) is 24.4. The minimum atomic E-state index is -0.568. The van der Waals surface area contributed by atoms with Gasteiger partial charge in [0, 0.05) is 58.5 Å². The number of hydrogen-bond acceptors (Lipinski definition) is 5. The molecule has 0 bridgehead atoms. The first-order chi connectivity index (χ1) is 16.5. The van der Waals surface area contributed by atoms with Crippen molar-refractivity contribution in [1.82, 2.24) is 4.90 Å². The van der Waals surface area contributed by atoms with Crippen molar-refractivity contribution in [3.8, 4) is 5.75 Å². The van der Waals surface area contributed by atoms with Gasteiger partial charge in [0.05, 0.1) is 18.2 Å². The average molecular weight is 473 g/mol. The largest absolute Gasteiger partial charge is 0.489 e. The van der Waals surface area contributed by atoms with Gasteiger partial charge < -0.3 is 24.2 Å². The maximum Gasteiger partial charge on any atom is 0.324 e. The number of methoxy groups -OCH3 is 1. The number of ether oxygens (including phenoxy) is 3. The lowest BCUT2D eigenvalue weighted by Gasteiger charge is -2.36. The van der Waals surface area contributed by atoms with Gasteiger partial charge in [-0.05, 0) is 48.2 Å². The molecule has 4 rings (SSSR count). The molecule has 0 aromatic heterocycles. The van der Waals surface area contributed by atoms with E-state index in [0.29, 0.717) is 38.3 Å². The molecule has 2 fully saturated rings. The molecule has 34 heavy (non-hydrogen) atoms. The van der Waals surface area contributed by atoms with Gasteiger partial charge in [0.25, 0.3) is 0 Å². The van der Waals surface area contributed by atoms with Crippen molar-refractivity contribution in [2.45, 2.75) is 43.9 Å². The van der Waals surface area contributed by atoms with Crippen LogP contribution in [-0.4, -0.2) is 62.6 Å². The van der Waals surface area contributed by atoms with E-state index in [1.54, 1.807) is 24.0 Å². The third-order valence-electron chi connectivity index (χ3n) is 6.94. The zero-order chi connectivity index (χ0) is 24.1. The smallest absolute Gasteiger partial charge is 0.324 e. The third kappa shape index (κ3) is 5.19. The van der Waals surface area contributed by atoms with E-state index in [-0.39, 0.29) is 31.1 Å². The van der Waals surface area contributed by atoms with Crippen LogP contribution in [0.25, 0.3) is 0 Å². The number of rotatable bonds is 7. The highest BCUT2D eigenvalue weighted by atomic mass is 19.1. The molecule has 2 aromatic rings. The Hall–Kier alpha value is -2.68. The van der Waals surface area contributed by atoms with Crippen molar-refractivity contribution in [1.29, 1.82) is 0 Å². The fourth-order valence-corrected chi connectivity index (χ4v) is 4.78. The number of anilines is 1. The van der Waals surface area contributed by atoms with Crippen LogP contribution in [0.1, 0.15) is 36.8 Å². The van der Waals surface area contributed by atoms with Gasteiger partial charge in [0.2, 0.25) is 0 Å². The molecule has 2 aliphatic rings. The van der Waals surface area contributed by atoms with Gasteiger partial charge in [-0.25, -0.2) is 9.18 Å². The number of aliphatic hydroxyl groups is 1. The van der Waals surface area contributed by atoms with E-state index in [0.717, 1.165) is 29.7 Å². The minimum absolute atomic E-state index is 0.0169. The topological polar surface area (TPSA) is 71.5 Å². The molecule has 1 N–H and O–H groups in total. The lowest BCUT2D eigenvalue weighted by atomic mass is 9.86. The van der Waals surface area contributed by atoms with E-state index < -0.39 is 5.60 Å². The van der Waals surface area contributed by atoms with Crippen LogP contribution in [0.5, 0.6) is 5.75 Å². The highest BCUT2D eigenvalue weighted by Gasteiger charge is 2.35. The summed E-state index contributed by atoms with van der Waals surface area (Å²) in [6.07, 6.45) is 3.06. The number of carbonyl (C=O) groups excluding carboxylic acids is 1. The molecule has 1 atom stereocenters. The van der Waals surface area contributed by atoms with E-state index in [2.05, 4.69) is 0 Å². The second-order valence-corrected chi connectivity index (χ2v) is 8.96. The van der Waals surface area contributed by atoms with Crippen LogP contribution in [0.2, 0.25) is 0 Å². The van der Waals surface area contributed by atoms with Crippen molar-refractivity contribution in [2.75, 3.05) is 45.4 Å². The number of halogens is 1. The standard InChI is InChI=1S/C26H33FN2O5/c1-28(25(31)29-11-3-4-23(29)17-30)22-7-5-19(6-8-22)18-34-24-15-20(14-21(27)16-24)26(32-2)9-12-33-13-10-26/h5-8,14-16,23,30H,3-4,9-13,17-18H2,1-2H3/t23-/m0/s1. The van der Waals surface area contributed by atoms with Crippen LogP contribution >= 0.6 is 0 Å². The number of benzene rings is 2. The van der Waals surface area contributed by atoms with Gasteiger partial charge >= 0.3 is 6.03 Å². The highest BCUT2D eigenvalue weighted by Crippen LogP contribution is 2.37. The number of likely N-dealkylation sites (tertiary alicyclic amines) is 1. The molecule has 2 aliphatic heterocycles. The van der Waals surface area contributed by atoms with Crippen molar-refractivity contribution in [3.05, 3.63) is 59.4 Å². The monoisotopic (exact) mass is 472 g/mol. The van der Waals surface area contributed by atoms with E-state index in [1.807, 2.05) is 30.3 Å². The van der Waals surface area contributed by atoms with Gasteiger partial charge in [0.1, 0.15) is 18.2 Å². The van der Waals surface area contributed by atoms with Crippen LogP contribution in [0.4, 0.5) is 14.9 Å². The molecule has 2 saturated heterocycles. The quantitative estimate of drug-likeness (QED) is 0.658. The molecular weight excluding hydrogens is 439 g/mol. The number of nitrogens with zero attached hydrogens (tertiary/aromatic N) is 2. The van der Waals surface area contributed by atoms with Gasteiger partial charge in [-0.1, -0.05) is 12.1 Å². The molecule has 184 valence electrons. The molecule has 0 saturated carbocycles. The Morgan fingerprint density at radius 3 is 2.65 bits per heavy atom. The van der Waals surface area contributed by atoms with E-state index in [4.69, 9.17) is 14.2 Å². The summed E-state index contributed by atoms with van der Waals surface area (Å²) in [6, 6.07) is 12.0. The molecule has 0 spiro atoms. The molecule has 0 aliphatic carbocycles. The fraction of sp³-hybridized carbons (Fsp3) is 0.500. The van der Waals surface area contributed by atoms with Crippen molar-refractivity contribution >= 4 is 11.7 Å². The summed E-state index contributed by atoms with van der Waals surface area (Å²) in [4.78, 5) is 16.1. The molecule has 8 heteroatoms. The van der Waals surface area contributed by atoms with Gasteiger partial charge in [0.15, 0.2) is 0 Å². The molecule has 0 radical (unpaired) electrons. The van der Waals surface area contributed by atoms with E-state index >= 15 is 0 Å². The molecule has 0 unspecified atom stereocenters. The second kappa shape index (κ2) is 10.7. The maximum absolute atomic E-state index is 14.4. The Labute approximate surface area is 200 Å². The lowest BCUT2D eigenvalue weighted by Crippen LogP contribution is -2.45. The SMILES string of the molecule is COC1(c2cc(F)cc(OCc3ccc(N(C)C(=O)N4CCC[C@H]4CO)cc3)c2)CCOCC1. The summed E-state index contributed by atoms with van der Waals surface area (Å²) in [5.41, 5.74) is 1.85. The minimum Gasteiger partial charge on any atom is -0.489 e. The van der Waals surface area contributed by atoms with Crippen molar-refractivity contribution in [2.24, 2.45) is 0 Å². The van der Waals surface area contributed by atoms with Crippen LogP contribution in [0, 0.1) is 5.82 Å². The fourth-order valence-electron chi connectivity index (χ4n) is 4.78. The second-order valence-electron chi connectivity index (χ2n) is 8.96. The number of urea groups is 1. The summed E-state index contributed by atoms with van der Waals surface area (Å²) in [6.45, 7) is 2.05. The number of hydrogen-bond donors (Lipinski definition) is 1. The average Bonchev–Trinajstić information content (AvgIpc) is 3.36. The van der Waals surface area contributed by atoms with Crippen LogP contribution in [-0.2, 0) is 21.7 Å². The predicted octanol–water partition coefficient (Wildman–Crippen LogP) is 4.07. The summed E-state index contributed by atoms with van der Waals surface area (Å²) in [7, 11) is 3.38. The van der Waals surface area contributed by atoms with Crippen LogP contribution < -0.4 is 9.64 Å². The maximum atomic E-state index is 14.4. The molecule has 7 nitrogen and oxygen atoms in total. The van der Waals surface area contributed by atoms with E-state index in [1.165, 1.54) is 12.1 Å². The first-order valence-corrected chi connectivity index (χ1v) is 11.8. The van der Waals surface area contributed by atoms with Gasteiger partial charge in [-0.2, -0.15) is 0 Å². The van der Waals surface area contributed by atoms with Crippen LogP contribution in [0.3, 0.4) is 0 Å². The number of carbonyl (C=O) groups is 1. The Bertz CT molecular complexity index is 978. The van der Waals surface area contributed by atoms with Gasteiger partial charge in [-0.15, -0.1) is 0 Å². The number of aliphatic hydroxyl groups excluding tert-OH is 1. The summed E-state index contributed by atoms with van der Waals surface area (Å²) < 4.78 is 31.5. The molecule has 2 aromatic carbocycles. The Morgan fingerprint density at radius 1 is 1.24 bits per heavy atom. The Balaban J connectivity index is 1.41. The van der Waals surface area contributed by atoms with E-state index in [9.17, 15) is 14.3 Å². The highest BCUT2D eigenvalue weighted by molar-refractivity contribution is 5.91. The Morgan fingerprint density at radius 2 is 1.97 bits per heavy atom. The molecule has 2 heterocycles. The Kier molecular flexibility index (Phi) is 7.70. The zero-order valence-corrected chi connectivity index (χ0v) is 19.8. The van der Waals surface area contributed by atoms with Crippen molar-refractivity contribution < 1.29 is 28.5 Å². The summed E-state index contributed by atoms with van der Waals surface area (Å²) in [5.74, 6) is 0.0763. The van der Waals surface area contributed by atoms with Gasteiger partial charge in [-0.3, -0.25) is 4.90 Å². The summed E-state index contributed by atoms with van der Waals surface area (Å²) in [5, 5.41) is 9.50. The lowest BCUT2D eigenvalue weighted by molar-refractivity contribution is -0.0950. The van der Waals surface area contributed by atoms with Crippen LogP contribution in [0.15, 0.2) is 42.5 Å². The molecule has 2 amide bonds. The molecular formula is C26H33FN2O5. The normalized spacial score (nSPS) is 19.8. The summed E-state index contributed by atoms with van der Waals surface area (Å²) >= 11 is 0. The third-order valence-corrected chi connectivity index (χ3v) is 6.94.